The number of urea groups is 1. The first-order valence-electron chi connectivity index (χ1n) is 8.14. The molecule has 0 spiro atoms. The molecule has 1 aromatic heterocycles. The van der Waals surface area contributed by atoms with Gasteiger partial charge in [-0.15, -0.1) is 5.10 Å². The van der Waals surface area contributed by atoms with E-state index >= 15 is 0 Å². The molecule has 8 heteroatoms. The van der Waals surface area contributed by atoms with Crippen LogP contribution in [0.2, 0.25) is 0 Å². The molecule has 2 N–H and O–H groups in total. The summed E-state index contributed by atoms with van der Waals surface area (Å²) in [6, 6.07) is 12.4. The Hall–Kier alpha value is -3.26. The number of methoxy groups -OCH3 is 1. The number of benzene rings is 2. The van der Waals surface area contributed by atoms with E-state index < -0.39 is 0 Å². The number of anilines is 2. The predicted octanol–water partition coefficient (Wildman–Crippen LogP) is 4.25. The summed E-state index contributed by atoms with van der Waals surface area (Å²) in [5, 5.41) is 9.94. The molecule has 0 atom stereocenters. The number of amides is 2. The lowest BCUT2D eigenvalue weighted by Gasteiger charge is -2.10. The van der Waals surface area contributed by atoms with Crippen LogP contribution in [0.1, 0.15) is 21.6 Å². The number of carbonyl (C=O) groups is 2. The van der Waals surface area contributed by atoms with Gasteiger partial charge in [0.05, 0.1) is 18.4 Å². The Morgan fingerprint density at radius 2 is 1.78 bits per heavy atom. The van der Waals surface area contributed by atoms with Gasteiger partial charge >= 0.3 is 12.0 Å². The van der Waals surface area contributed by atoms with Gasteiger partial charge in [0.15, 0.2) is 0 Å². The highest BCUT2D eigenvalue weighted by Crippen LogP contribution is 2.26. The van der Waals surface area contributed by atoms with Crippen molar-refractivity contribution in [2.45, 2.75) is 13.8 Å². The summed E-state index contributed by atoms with van der Waals surface area (Å²) < 4.78 is 8.56. The van der Waals surface area contributed by atoms with Crippen molar-refractivity contribution in [3.63, 3.8) is 0 Å². The third kappa shape index (κ3) is 4.29. The second kappa shape index (κ2) is 7.96. The summed E-state index contributed by atoms with van der Waals surface area (Å²) in [6.07, 6.45) is 0. The molecule has 0 aliphatic rings. The summed E-state index contributed by atoms with van der Waals surface area (Å²) in [6.45, 7) is 3.75. The van der Waals surface area contributed by atoms with Gasteiger partial charge in [-0.05, 0) is 54.8 Å². The molecule has 0 unspecified atom stereocenters. The number of hydrogen-bond donors (Lipinski definition) is 2. The zero-order valence-corrected chi connectivity index (χ0v) is 15.9. The molecule has 0 saturated heterocycles. The first-order chi connectivity index (χ1) is 13.0. The second-order valence-corrected chi connectivity index (χ2v) is 6.62. The summed E-state index contributed by atoms with van der Waals surface area (Å²) >= 11 is 1.12. The van der Waals surface area contributed by atoms with Crippen molar-refractivity contribution in [1.29, 1.82) is 0 Å². The molecule has 0 radical (unpaired) electrons. The lowest BCUT2D eigenvalue weighted by Crippen LogP contribution is -2.19. The molecule has 3 aromatic rings. The van der Waals surface area contributed by atoms with Crippen molar-refractivity contribution < 1.29 is 14.3 Å². The van der Waals surface area contributed by atoms with Gasteiger partial charge in [0.25, 0.3) is 0 Å². The highest BCUT2D eigenvalue weighted by Gasteiger charge is 2.11. The van der Waals surface area contributed by atoms with Gasteiger partial charge in [-0.3, -0.25) is 5.32 Å². The largest absolute Gasteiger partial charge is 0.465 e. The van der Waals surface area contributed by atoms with E-state index in [2.05, 4.69) is 20.2 Å². The molecule has 1 heterocycles. The second-order valence-electron chi connectivity index (χ2n) is 5.87. The number of aryl methyl sites for hydroxylation is 2. The molecule has 0 saturated carbocycles. The number of carbonyl (C=O) groups excluding carboxylic acids is 2. The monoisotopic (exact) mass is 382 g/mol. The fourth-order valence-corrected chi connectivity index (χ4v) is 3.08. The first kappa shape index (κ1) is 18.5. The number of aromatic nitrogens is 2. The van der Waals surface area contributed by atoms with Crippen LogP contribution in [0, 0.1) is 13.8 Å². The zero-order valence-electron chi connectivity index (χ0n) is 15.1. The van der Waals surface area contributed by atoms with E-state index in [1.807, 2.05) is 25.1 Å². The number of nitrogens with one attached hydrogen (secondary N) is 2. The van der Waals surface area contributed by atoms with Crippen LogP contribution in [0.5, 0.6) is 0 Å². The third-order valence-corrected chi connectivity index (χ3v) is 4.73. The van der Waals surface area contributed by atoms with Crippen molar-refractivity contribution >= 4 is 34.2 Å². The van der Waals surface area contributed by atoms with Crippen molar-refractivity contribution in [3.8, 4) is 11.1 Å². The van der Waals surface area contributed by atoms with Gasteiger partial charge in [-0.2, -0.15) is 0 Å². The first-order valence-corrected chi connectivity index (χ1v) is 8.91. The fourth-order valence-electron chi connectivity index (χ4n) is 2.52. The van der Waals surface area contributed by atoms with Crippen LogP contribution in [0.4, 0.5) is 15.5 Å². The van der Waals surface area contributed by atoms with E-state index in [4.69, 9.17) is 4.74 Å². The Balaban J connectivity index is 1.74. The average molecular weight is 382 g/mol. The van der Waals surface area contributed by atoms with Crippen LogP contribution in [0.3, 0.4) is 0 Å². The van der Waals surface area contributed by atoms with Gasteiger partial charge in [-0.1, -0.05) is 22.7 Å². The Labute approximate surface area is 160 Å². The fraction of sp³-hybridized carbons (Fsp3) is 0.158. The van der Waals surface area contributed by atoms with Crippen LogP contribution in [-0.4, -0.2) is 28.7 Å². The molecule has 138 valence electrons. The Bertz CT molecular complexity index is 983. The number of rotatable bonds is 4. The molecular formula is C19H18N4O3S. The molecule has 0 fully saturated rings. The van der Waals surface area contributed by atoms with Gasteiger partial charge in [0, 0.05) is 17.2 Å². The maximum atomic E-state index is 12.1. The number of hydrogen-bond acceptors (Lipinski definition) is 6. The summed E-state index contributed by atoms with van der Waals surface area (Å²) in [5.41, 5.74) is 4.72. The van der Waals surface area contributed by atoms with E-state index in [1.54, 1.807) is 31.2 Å². The van der Waals surface area contributed by atoms with Gasteiger partial charge in [0.2, 0.25) is 0 Å². The maximum absolute atomic E-state index is 12.1. The molecule has 2 aromatic carbocycles. The van der Waals surface area contributed by atoms with Gasteiger partial charge < -0.3 is 10.1 Å². The minimum absolute atomic E-state index is 0.360. The van der Waals surface area contributed by atoms with Crippen LogP contribution < -0.4 is 10.6 Å². The molecule has 0 aliphatic carbocycles. The molecule has 7 nitrogen and oxygen atoms in total. The van der Waals surface area contributed by atoms with Crippen molar-refractivity contribution in [2.24, 2.45) is 0 Å². The molecule has 0 aliphatic heterocycles. The minimum Gasteiger partial charge on any atom is -0.465 e. The lowest BCUT2D eigenvalue weighted by atomic mass is 9.98. The number of nitrogens with zero attached hydrogens (tertiary/aromatic N) is 2. The third-order valence-electron chi connectivity index (χ3n) is 3.99. The Morgan fingerprint density at radius 3 is 2.41 bits per heavy atom. The highest BCUT2D eigenvalue weighted by molar-refractivity contribution is 7.10. The predicted molar refractivity (Wildman–Crippen MR) is 105 cm³/mol. The van der Waals surface area contributed by atoms with Crippen molar-refractivity contribution in [3.05, 3.63) is 59.3 Å². The summed E-state index contributed by atoms with van der Waals surface area (Å²) in [5.74, 6) is -0.376. The van der Waals surface area contributed by atoms with E-state index in [9.17, 15) is 9.59 Å². The van der Waals surface area contributed by atoms with E-state index in [0.717, 1.165) is 28.2 Å². The topological polar surface area (TPSA) is 93.2 Å². The smallest absolute Gasteiger partial charge is 0.337 e. The summed E-state index contributed by atoms with van der Waals surface area (Å²) in [7, 11) is 1.36. The molecule has 2 amide bonds. The van der Waals surface area contributed by atoms with E-state index in [-0.39, 0.29) is 12.0 Å². The summed E-state index contributed by atoms with van der Waals surface area (Å²) in [4.78, 5) is 23.8. The van der Waals surface area contributed by atoms with E-state index in [1.165, 1.54) is 7.11 Å². The molecule has 27 heavy (non-hydrogen) atoms. The molecule has 0 bridgehead atoms. The normalized spacial score (nSPS) is 10.3. The van der Waals surface area contributed by atoms with Crippen LogP contribution >= 0.6 is 11.5 Å². The average Bonchev–Trinajstić information content (AvgIpc) is 3.06. The van der Waals surface area contributed by atoms with Crippen molar-refractivity contribution in [1.82, 2.24) is 9.59 Å². The number of esters is 1. The van der Waals surface area contributed by atoms with Crippen LogP contribution in [0.25, 0.3) is 11.1 Å². The van der Waals surface area contributed by atoms with E-state index in [0.29, 0.717) is 21.9 Å². The SMILES string of the molecule is COC(=O)c1ccc(C)c(-c2ccc(NC(=O)Nc3snnc3C)cc2)c1. The van der Waals surface area contributed by atoms with Crippen molar-refractivity contribution in [2.75, 3.05) is 17.7 Å². The number of ether oxygens (including phenoxy) is 1. The van der Waals surface area contributed by atoms with Crippen LogP contribution in [0.15, 0.2) is 42.5 Å². The minimum atomic E-state index is -0.376. The van der Waals surface area contributed by atoms with Gasteiger partial charge in [0.1, 0.15) is 5.00 Å². The Kier molecular flexibility index (Phi) is 5.46. The quantitative estimate of drug-likeness (QED) is 0.658. The standard InChI is InChI=1S/C19H18N4O3S/c1-11-4-5-14(18(24)26-3)10-16(11)13-6-8-15(9-7-13)20-19(25)21-17-12(2)22-23-27-17/h4-10H,1-3H3,(H2,20,21,25). The van der Waals surface area contributed by atoms with Gasteiger partial charge in [-0.25, -0.2) is 9.59 Å². The zero-order chi connectivity index (χ0) is 19.4. The molecular weight excluding hydrogens is 364 g/mol. The van der Waals surface area contributed by atoms with Crippen LogP contribution in [-0.2, 0) is 4.74 Å². The Morgan fingerprint density at radius 1 is 1.04 bits per heavy atom. The molecule has 3 rings (SSSR count). The maximum Gasteiger partial charge on any atom is 0.337 e. The highest BCUT2D eigenvalue weighted by atomic mass is 32.1. The lowest BCUT2D eigenvalue weighted by molar-refractivity contribution is 0.0600.